The third-order valence-corrected chi connectivity index (χ3v) is 4.00. The van der Waals surface area contributed by atoms with Gasteiger partial charge in [-0.15, -0.1) is 12.4 Å². The van der Waals surface area contributed by atoms with Gasteiger partial charge in [0, 0.05) is 11.5 Å². The topological polar surface area (TPSA) is 81.4 Å². The van der Waals surface area contributed by atoms with Crippen molar-refractivity contribution < 1.29 is 14.3 Å². The van der Waals surface area contributed by atoms with Gasteiger partial charge in [-0.1, -0.05) is 12.8 Å². The van der Waals surface area contributed by atoms with Crippen molar-refractivity contribution >= 4 is 24.3 Å². The van der Waals surface area contributed by atoms with E-state index in [4.69, 9.17) is 5.73 Å². The summed E-state index contributed by atoms with van der Waals surface area (Å²) in [6.45, 7) is 0. The van der Waals surface area contributed by atoms with E-state index in [1.807, 2.05) is 0 Å². The number of rotatable bonds is 3. The summed E-state index contributed by atoms with van der Waals surface area (Å²) in [6, 6.07) is -0.688. The number of amides is 1. The molecule has 2 aliphatic rings. The zero-order chi connectivity index (χ0) is 12.5. The third-order valence-electron chi connectivity index (χ3n) is 4.00. The molecule has 2 unspecified atom stereocenters. The molecule has 1 saturated heterocycles. The molecular weight excluding hydrogens is 256 g/mol. The van der Waals surface area contributed by atoms with Crippen molar-refractivity contribution in [1.82, 2.24) is 5.32 Å². The second kappa shape index (κ2) is 5.89. The Kier molecular flexibility index (Phi) is 4.99. The molecule has 1 saturated carbocycles. The number of nitrogens with one attached hydrogen (secondary N) is 1. The minimum absolute atomic E-state index is 0. The van der Waals surface area contributed by atoms with E-state index in [0.29, 0.717) is 6.42 Å². The zero-order valence-electron chi connectivity index (χ0n) is 10.6. The van der Waals surface area contributed by atoms with E-state index in [-0.39, 0.29) is 29.8 Å². The van der Waals surface area contributed by atoms with E-state index in [1.54, 1.807) is 0 Å². The molecule has 1 heterocycles. The summed E-state index contributed by atoms with van der Waals surface area (Å²) in [5.74, 6) is -0.529. The van der Waals surface area contributed by atoms with Crippen molar-refractivity contribution in [1.29, 1.82) is 0 Å². The number of esters is 1. The molecular formula is C12H21ClN2O3. The van der Waals surface area contributed by atoms with Crippen LogP contribution in [-0.2, 0) is 14.3 Å². The smallest absolute Gasteiger partial charge is 0.322 e. The van der Waals surface area contributed by atoms with Crippen LogP contribution < -0.4 is 11.1 Å². The van der Waals surface area contributed by atoms with Crippen LogP contribution in [0.1, 0.15) is 38.5 Å². The summed E-state index contributed by atoms with van der Waals surface area (Å²) in [5, 5.41) is 3.10. The minimum Gasteiger partial charge on any atom is -0.468 e. The van der Waals surface area contributed by atoms with Crippen molar-refractivity contribution in [3.05, 3.63) is 0 Å². The first-order valence-electron chi connectivity index (χ1n) is 6.22. The van der Waals surface area contributed by atoms with Crippen LogP contribution in [0.2, 0.25) is 0 Å². The lowest BCUT2D eigenvalue weighted by Crippen LogP contribution is -2.38. The van der Waals surface area contributed by atoms with E-state index in [1.165, 1.54) is 20.0 Å². The Morgan fingerprint density at radius 3 is 2.72 bits per heavy atom. The van der Waals surface area contributed by atoms with Gasteiger partial charge in [0.15, 0.2) is 0 Å². The molecule has 1 aliphatic carbocycles. The molecule has 1 amide bonds. The van der Waals surface area contributed by atoms with Crippen LogP contribution in [0.5, 0.6) is 0 Å². The molecule has 1 aliphatic heterocycles. The van der Waals surface area contributed by atoms with E-state index >= 15 is 0 Å². The minimum atomic E-state index is -0.688. The molecule has 0 aromatic heterocycles. The number of carbonyl (C=O) groups is 2. The molecule has 0 aromatic carbocycles. The summed E-state index contributed by atoms with van der Waals surface area (Å²) in [4.78, 5) is 23.1. The molecule has 2 rings (SSSR count). The lowest BCUT2D eigenvalue weighted by molar-refractivity contribution is -0.142. The maximum absolute atomic E-state index is 11.9. The molecule has 0 radical (unpaired) electrons. The van der Waals surface area contributed by atoms with Gasteiger partial charge < -0.3 is 15.8 Å². The molecule has 104 valence electrons. The highest BCUT2D eigenvalue weighted by molar-refractivity contribution is 5.85. The van der Waals surface area contributed by atoms with Gasteiger partial charge in [0.2, 0.25) is 5.91 Å². The summed E-state index contributed by atoms with van der Waals surface area (Å²) in [7, 11) is 1.31. The van der Waals surface area contributed by atoms with Gasteiger partial charge in [-0.2, -0.15) is 0 Å². The number of halogens is 1. The fraction of sp³-hybridized carbons (Fsp3) is 0.833. The van der Waals surface area contributed by atoms with Crippen LogP contribution in [0.4, 0.5) is 0 Å². The van der Waals surface area contributed by atoms with Gasteiger partial charge in [0.25, 0.3) is 0 Å². The number of methoxy groups -OCH3 is 1. The van der Waals surface area contributed by atoms with Crippen molar-refractivity contribution in [2.75, 3.05) is 7.11 Å². The van der Waals surface area contributed by atoms with Crippen LogP contribution >= 0.6 is 12.4 Å². The predicted molar refractivity (Wildman–Crippen MR) is 69.3 cm³/mol. The van der Waals surface area contributed by atoms with Gasteiger partial charge in [-0.05, 0) is 25.7 Å². The highest BCUT2D eigenvalue weighted by Gasteiger charge is 2.46. The maximum Gasteiger partial charge on any atom is 0.322 e. The largest absolute Gasteiger partial charge is 0.468 e. The predicted octanol–water partition coefficient (Wildman–Crippen LogP) is 0.747. The van der Waals surface area contributed by atoms with Crippen LogP contribution in [0.25, 0.3) is 0 Å². The van der Waals surface area contributed by atoms with Crippen LogP contribution in [-0.4, -0.2) is 30.6 Å². The molecule has 3 N–H and O–H groups in total. The SMILES string of the molecule is COC(=O)C(N)CC1CC2(CCCC2)NC1=O.Cl. The number of hydrogen-bond donors (Lipinski definition) is 2. The average Bonchev–Trinajstić information content (AvgIpc) is 2.86. The summed E-state index contributed by atoms with van der Waals surface area (Å²) >= 11 is 0. The number of carbonyl (C=O) groups excluding carboxylic acids is 2. The lowest BCUT2D eigenvalue weighted by Gasteiger charge is -2.22. The van der Waals surface area contributed by atoms with E-state index in [2.05, 4.69) is 10.1 Å². The fourth-order valence-electron chi connectivity index (χ4n) is 3.10. The van der Waals surface area contributed by atoms with Crippen LogP contribution in [0.3, 0.4) is 0 Å². The van der Waals surface area contributed by atoms with Gasteiger partial charge in [0.05, 0.1) is 7.11 Å². The normalized spacial score (nSPS) is 26.6. The number of ether oxygens (including phenoxy) is 1. The van der Waals surface area contributed by atoms with Gasteiger partial charge in [0.1, 0.15) is 6.04 Å². The zero-order valence-corrected chi connectivity index (χ0v) is 11.4. The Morgan fingerprint density at radius 2 is 2.17 bits per heavy atom. The lowest BCUT2D eigenvalue weighted by atomic mass is 9.88. The quantitative estimate of drug-likeness (QED) is 0.745. The first-order valence-corrected chi connectivity index (χ1v) is 6.22. The Hall–Kier alpha value is -0.810. The Morgan fingerprint density at radius 1 is 1.56 bits per heavy atom. The maximum atomic E-state index is 11.9. The van der Waals surface area contributed by atoms with Crippen molar-refractivity contribution in [3.8, 4) is 0 Å². The molecule has 0 bridgehead atoms. The number of hydrogen-bond acceptors (Lipinski definition) is 4. The highest BCUT2D eigenvalue weighted by atomic mass is 35.5. The summed E-state index contributed by atoms with van der Waals surface area (Å²) < 4.78 is 4.58. The second-order valence-electron chi connectivity index (χ2n) is 5.24. The molecule has 18 heavy (non-hydrogen) atoms. The second-order valence-corrected chi connectivity index (χ2v) is 5.24. The van der Waals surface area contributed by atoms with Crippen LogP contribution in [0.15, 0.2) is 0 Å². The first-order chi connectivity index (χ1) is 8.06. The van der Waals surface area contributed by atoms with Gasteiger partial charge in [-0.25, -0.2) is 0 Å². The summed E-state index contributed by atoms with van der Waals surface area (Å²) in [5.41, 5.74) is 5.70. The van der Waals surface area contributed by atoms with Crippen molar-refractivity contribution in [3.63, 3.8) is 0 Å². The van der Waals surface area contributed by atoms with Gasteiger partial charge in [-0.3, -0.25) is 9.59 Å². The molecule has 2 atom stereocenters. The molecule has 1 spiro atoms. The summed E-state index contributed by atoms with van der Waals surface area (Å²) in [6.07, 6.45) is 5.67. The molecule has 2 fully saturated rings. The van der Waals surface area contributed by atoms with Crippen molar-refractivity contribution in [2.24, 2.45) is 11.7 Å². The van der Waals surface area contributed by atoms with E-state index < -0.39 is 12.0 Å². The molecule has 6 heteroatoms. The molecule has 0 aromatic rings. The van der Waals surface area contributed by atoms with Crippen LogP contribution in [0, 0.1) is 5.92 Å². The standard InChI is InChI=1S/C12H20N2O3.ClH/c1-17-11(16)9(13)6-8-7-12(14-10(8)15)4-2-3-5-12;/h8-9H,2-7,13H2,1H3,(H,14,15);1H. The fourth-order valence-corrected chi connectivity index (χ4v) is 3.10. The number of nitrogens with two attached hydrogens (primary N) is 1. The van der Waals surface area contributed by atoms with Crippen molar-refractivity contribution in [2.45, 2.75) is 50.1 Å². The van der Waals surface area contributed by atoms with Gasteiger partial charge >= 0.3 is 5.97 Å². The van der Waals surface area contributed by atoms with E-state index in [0.717, 1.165) is 19.3 Å². The Bertz CT molecular complexity index is 329. The Balaban J connectivity index is 0.00000162. The first kappa shape index (κ1) is 15.2. The Labute approximate surface area is 113 Å². The monoisotopic (exact) mass is 276 g/mol. The highest BCUT2D eigenvalue weighted by Crippen LogP contribution is 2.40. The third kappa shape index (κ3) is 2.95. The average molecular weight is 277 g/mol. The van der Waals surface area contributed by atoms with E-state index in [9.17, 15) is 9.59 Å². The molecule has 5 nitrogen and oxygen atoms in total.